The molecule has 0 atom stereocenters. The van der Waals surface area contributed by atoms with E-state index in [4.69, 9.17) is 0 Å². The monoisotopic (exact) mass is 461 g/mol. The number of aromatic nitrogens is 4. The summed E-state index contributed by atoms with van der Waals surface area (Å²) in [5, 5.41) is 8.71. The van der Waals surface area contributed by atoms with Gasteiger partial charge in [0, 0.05) is 6.04 Å². The number of hydrogen-bond donors (Lipinski definition) is 1. The number of aryl methyl sites for hydroxylation is 2. The van der Waals surface area contributed by atoms with E-state index < -0.39 is 0 Å². The maximum Gasteiger partial charge on any atom is 0.262 e. The normalized spacial score (nSPS) is 11.3. The first-order valence-corrected chi connectivity index (χ1v) is 11.8. The summed E-state index contributed by atoms with van der Waals surface area (Å²) in [6.45, 7) is 9.73. The fourth-order valence-corrected chi connectivity index (χ4v) is 4.68. The molecule has 0 unspecified atom stereocenters. The van der Waals surface area contributed by atoms with E-state index in [0.29, 0.717) is 21.7 Å². The van der Waals surface area contributed by atoms with Gasteiger partial charge in [-0.3, -0.25) is 14.2 Å². The van der Waals surface area contributed by atoms with Crippen molar-refractivity contribution in [2.24, 2.45) is 0 Å². The van der Waals surface area contributed by atoms with Gasteiger partial charge in [0.05, 0.1) is 39.4 Å². The summed E-state index contributed by atoms with van der Waals surface area (Å²) >= 11 is 1.26. The Morgan fingerprint density at radius 1 is 1.06 bits per heavy atom. The number of carbonyl (C=O) groups is 1. The van der Waals surface area contributed by atoms with E-state index in [2.05, 4.69) is 15.4 Å². The highest BCUT2D eigenvalue weighted by atomic mass is 32.2. The zero-order chi connectivity index (χ0) is 23.7. The quantitative estimate of drug-likeness (QED) is 0.329. The lowest BCUT2D eigenvalue weighted by molar-refractivity contribution is -0.113. The Kier molecular flexibility index (Phi) is 6.37. The molecule has 8 heteroatoms. The smallest absolute Gasteiger partial charge is 0.262 e. The standard InChI is InChI=1S/C25H27N5O2S/c1-15(2)29-24(32)20-8-6-7-9-21(20)26-25(29)33-14-22(31)27-23-17(4)28-30(18(23)5)19-12-10-16(3)11-13-19/h6-13,15H,14H2,1-5H3,(H,27,31). The molecule has 1 amide bonds. The van der Waals surface area contributed by atoms with Crippen molar-refractivity contribution in [2.75, 3.05) is 11.1 Å². The molecule has 2 aromatic carbocycles. The van der Waals surface area contributed by atoms with Gasteiger partial charge >= 0.3 is 0 Å². The van der Waals surface area contributed by atoms with E-state index in [9.17, 15) is 9.59 Å². The Morgan fingerprint density at radius 3 is 2.45 bits per heavy atom. The van der Waals surface area contributed by atoms with E-state index in [-0.39, 0.29) is 23.3 Å². The zero-order valence-electron chi connectivity index (χ0n) is 19.4. The van der Waals surface area contributed by atoms with Gasteiger partial charge in [-0.2, -0.15) is 5.10 Å². The van der Waals surface area contributed by atoms with Crippen LogP contribution in [0.3, 0.4) is 0 Å². The third kappa shape index (κ3) is 4.57. The van der Waals surface area contributed by atoms with Crippen molar-refractivity contribution >= 4 is 34.3 Å². The Morgan fingerprint density at radius 2 is 1.76 bits per heavy atom. The lowest BCUT2D eigenvalue weighted by atomic mass is 10.2. The molecule has 170 valence electrons. The summed E-state index contributed by atoms with van der Waals surface area (Å²) in [7, 11) is 0. The first-order chi connectivity index (χ1) is 15.8. The SMILES string of the molecule is Cc1ccc(-n2nc(C)c(NC(=O)CSc3nc4ccccc4c(=O)n3C(C)C)c2C)cc1. The van der Waals surface area contributed by atoms with Gasteiger partial charge in [-0.25, -0.2) is 9.67 Å². The highest BCUT2D eigenvalue weighted by molar-refractivity contribution is 7.99. The second-order valence-corrected chi connectivity index (χ2v) is 9.25. The number of anilines is 1. The lowest BCUT2D eigenvalue weighted by Gasteiger charge is -2.16. The van der Waals surface area contributed by atoms with Crippen molar-refractivity contribution in [1.82, 2.24) is 19.3 Å². The number of carbonyl (C=O) groups excluding carboxylic acids is 1. The topological polar surface area (TPSA) is 81.8 Å². The van der Waals surface area contributed by atoms with E-state index in [1.54, 1.807) is 10.6 Å². The number of para-hydroxylation sites is 1. The largest absolute Gasteiger partial charge is 0.322 e. The Bertz CT molecular complexity index is 1390. The minimum absolute atomic E-state index is 0.0719. The number of thioether (sulfide) groups is 1. The van der Waals surface area contributed by atoms with Crippen LogP contribution in [0.15, 0.2) is 58.5 Å². The Labute approximate surface area is 196 Å². The van der Waals surface area contributed by atoms with Gasteiger partial charge in [0.2, 0.25) is 5.91 Å². The van der Waals surface area contributed by atoms with E-state index >= 15 is 0 Å². The van der Waals surface area contributed by atoms with Crippen LogP contribution in [0, 0.1) is 20.8 Å². The summed E-state index contributed by atoms with van der Waals surface area (Å²) in [5.74, 6) is -0.0427. The third-order valence-electron chi connectivity index (χ3n) is 5.46. The minimum atomic E-state index is -0.174. The predicted molar refractivity (Wildman–Crippen MR) is 134 cm³/mol. The molecule has 33 heavy (non-hydrogen) atoms. The number of benzene rings is 2. The molecule has 2 aromatic heterocycles. The van der Waals surface area contributed by atoms with Crippen molar-refractivity contribution < 1.29 is 4.79 Å². The molecule has 0 radical (unpaired) electrons. The fraction of sp³-hybridized carbons (Fsp3) is 0.280. The molecular weight excluding hydrogens is 434 g/mol. The van der Waals surface area contributed by atoms with E-state index in [0.717, 1.165) is 17.1 Å². The van der Waals surface area contributed by atoms with E-state index in [1.807, 2.05) is 81.8 Å². The summed E-state index contributed by atoms with van der Waals surface area (Å²) in [5.41, 5.74) is 4.96. The number of nitrogens with zero attached hydrogens (tertiary/aromatic N) is 4. The van der Waals surface area contributed by atoms with Crippen LogP contribution in [0.4, 0.5) is 5.69 Å². The average Bonchev–Trinajstić information content (AvgIpc) is 3.06. The van der Waals surface area contributed by atoms with Crippen LogP contribution < -0.4 is 10.9 Å². The zero-order valence-corrected chi connectivity index (χ0v) is 20.2. The van der Waals surface area contributed by atoms with Gasteiger partial charge in [-0.15, -0.1) is 0 Å². The number of nitrogens with one attached hydrogen (secondary N) is 1. The average molecular weight is 462 g/mol. The van der Waals surface area contributed by atoms with Crippen molar-refractivity contribution in [3.05, 3.63) is 75.8 Å². The number of amides is 1. The summed E-state index contributed by atoms with van der Waals surface area (Å²) in [4.78, 5) is 30.5. The first kappa shape index (κ1) is 22.8. The van der Waals surface area contributed by atoms with Gasteiger partial charge in [-0.1, -0.05) is 41.6 Å². The molecule has 0 bridgehead atoms. The van der Waals surface area contributed by atoms with Gasteiger partial charge in [0.1, 0.15) is 0 Å². The van der Waals surface area contributed by atoms with Crippen molar-refractivity contribution in [2.45, 2.75) is 45.8 Å². The summed E-state index contributed by atoms with van der Waals surface area (Å²) < 4.78 is 3.48. The van der Waals surface area contributed by atoms with Crippen LogP contribution in [-0.2, 0) is 4.79 Å². The third-order valence-corrected chi connectivity index (χ3v) is 6.41. The molecule has 4 aromatic rings. The maximum absolute atomic E-state index is 13.0. The van der Waals surface area contributed by atoms with Crippen molar-refractivity contribution in [3.63, 3.8) is 0 Å². The van der Waals surface area contributed by atoms with Crippen LogP contribution in [0.25, 0.3) is 16.6 Å². The highest BCUT2D eigenvalue weighted by Gasteiger charge is 2.18. The number of fused-ring (bicyclic) bond motifs is 1. The molecule has 0 saturated carbocycles. The van der Waals surface area contributed by atoms with Gasteiger partial charge < -0.3 is 5.32 Å². The van der Waals surface area contributed by atoms with Crippen LogP contribution in [0.2, 0.25) is 0 Å². The molecule has 0 fully saturated rings. The second-order valence-electron chi connectivity index (χ2n) is 8.31. The molecule has 0 saturated heterocycles. The Balaban J connectivity index is 1.55. The molecule has 1 N–H and O–H groups in total. The molecule has 4 rings (SSSR count). The van der Waals surface area contributed by atoms with Gasteiger partial charge in [0.15, 0.2) is 5.16 Å². The molecule has 0 aliphatic rings. The Hall–Kier alpha value is -3.39. The first-order valence-electron chi connectivity index (χ1n) is 10.8. The number of rotatable bonds is 6. The minimum Gasteiger partial charge on any atom is -0.322 e. The van der Waals surface area contributed by atoms with Crippen LogP contribution in [0.5, 0.6) is 0 Å². The van der Waals surface area contributed by atoms with Crippen LogP contribution >= 0.6 is 11.8 Å². The van der Waals surface area contributed by atoms with Crippen LogP contribution in [0.1, 0.15) is 36.8 Å². The highest BCUT2D eigenvalue weighted by Crippen LogP contribution is 2.25. The predicted octanol–water partition coefficient (Wildman–Crippen LogP) is 4.82. The molecule has 0 spiro atoms. The molecule has 7 nitrogen and oxygen atoms in total. The maximum atomic E-state index is 13.0. The molecule has 2 heterocycles. The molecule has 0 aliphatic heterocycles. The number of hydrogen-bond acceptors (Lipinski definition) is 5. The lowest BCUT2D eigenvalue weighted by Crippen LogP contribution is -2.25. The van der Waals surface area contributed by atoms with Crippen molar-refractivity contribution in [3.8, 4) is 5.69 Å². The van der Waals surface area contributed by atoms with Gasteiger partial charge in [0.25, 0.3) is 5.56 Å². The fourth-order valence-electron chi connectivity index (χ4n) is 3.75. The summed E-state index contributed by atoms with van der Waals surface area (Å²) in [6.07, 6.45) is 0. The van der Waals surface area contributed by atoms with E-state index in [1.165, 1.54) is 17.3 Å². The van der Waals surface area contributed by atoms with Gasteiger partial charge in [-0.05, 0) is 58.9 Å². The second kappa shape index (κ2) is 9.23. The van der Waals surface area contributed by atoms with Crippen molar-refractivity contribution in [1.29, 1.82) is 0 Å². The molecular formula is C25H27N5O2S. The molecule has 0 aliphatic carbocycles. The van der Waals surface area contributed by atoms with Crippen LogP contribution in [-0.4, -0.2) is 31.0 Å². The summed E-state index contributed by atoms with van der Waals surface area (Å²) in [6, 6.07) is 15.3.